The Morgan fingerprint density at radius 2 is 2.11 bits per heavy atom. The number of rotatable bonds is 8. The molecule has 0 unspecified atom stereocenters. The first-order valence-electron chi connectivity index (χ1n) is 5.94. The highest BCUT2D eigenvalue weighted by Gasteiger charge is 2.06. The molecular weight excluding hydrogens is 234 g/mol. The summed E-state index contributed by atoms with van der Waals surface area (Å²) >= 11 is 0. The van der Waals surface area contributed by atoms with Gasteiger partial charge in [-0.15, -0.1) is 0 Å². The third-order valence-corrected chi connectivity index (χ3v) is 2.14. The molecule has 0 saturated heterocycles. The molecule has 5 heteroatoms. The van der Waals surface area contributed by atoms with Crippen molar-refractivity contribution in [3.63, 3.8) is 0 Å². The summed E-state index contributed by atoms with van der Waals surface area (Å²) in [7, 11) is 0. The molecule has 1 rings (SSSR count). The molecule has 100 valence electrons. The van der Waals surface area contributed by atoms with E-state index in [0.29, 0.717) is 12.4 Å². The lowest BCUT2D eigenvalue weighted by atomic mass is 10.3. The Balaban J connectivity index is 2.11. The summed E-state index contributed by atoms with van der Waals surface area (Å²) in [5.74, 6) is 0.385. The quantitative estimate of drug-likeness (QED) is 0.663. The van der Waals surface area contributed by atoms with E-state index in [1.165, 1.54) is 0 Å². The minimum absolute atomic E-state index is 0.0935. The van der Waals surface area contributed by atoms with Crippen molar-refractivity contribution in [1.82, 2.24) is 5.32 Å². The largest absolute Gasteiger partial charge is 0.491 e. The maximum absolute atomic E-state index is 11.0. The van der Waals surface area contributed by atoms with Gasteiger partial charge in [0.05, 0.1) is 13.2 Å². The second kappa shape index (κ2) is 8.49. The van der Waals surface area contributed by atoms with Crippen LogP contribution in [0, 0.1) is 0 Å². The zero-order valence-corrected chi connectivity index (χ0v) is 10.5. The number of para-hydroxylation sites is 1. The molecule has 0 bridgehead atoms. The molecule has 18 heavy (non-hydrogen) atoms. The molecule has 1 atom stereocenters. The van der Waals surface area contributed by atoms with Crippen LogP contribution in [0.5, 0.6) is 5.75 Å². The Morgan fingerprint density at radius 3 is 2.78 bits per heavy atom. The van der Waals surface area contributed by atoms with Gasteiger partial charge in [-0.1, -0.05) is 18.2 Å². The van der Waals surface area contributed by atoms with Crippen LogP contribution in [0.4, 0.5) is 0 Å². The lowest BCUT2D eigenvalue weighted by molar-refractivity contribution is -0.142. The van der Waals surface area contributed by atoms with Crippen LogP contribution in [-0.2, 0) is 9.53 Å². The van der Waals surface area contributed by atoms with Crippen LogP contribution >= 0.6 is 0 Å². The van der Waals surface area contributed by atoms with Gasteiger partial charge in [0.25, 0.3) is 0 Å². The Kier molecular flexibility index (Phi) is 6.83. The highest BCUT2D eigenvalue weighted by Crippen LogP contribution is 2.08. The summed E-state index contributed by atoms with van der Waals surface area (Å²) in [6.07, 6.45) is -0.667. The summed E-state index contributed by atoms with van der Waals surface area (Å²) in [5, 5.41) is 12.4. The Morgan fingerprint density at radius 1 is 1.39 bits per heavy atom. The zero-order valence-electron chi connectivity index (χ0n) is 10.5. The second-order valence-corrected chi connectivity index (χ2v) is 3.71. The number of esters is 1. The topological polar surface area (TPSA) is 67.8 Å². The molecular formula is C13H19NO4. The van der Waals surface area contributed by atoms with E-state index in [-0.39, 0.29) is 25.7 Å². The van der Waals surface area contributed by atoms with Crippen molar-refractivity contribution < 1.29 is 19.4 Å². The van der Waals surface area contributed by atoms with Crippen molar-refractivity contribution in [3.8, 4) is 5.75 Å². The summed E-state index contributed by atoms with van der Waals surface area (Å²) in [6.45, 7) is 2.67. The number of hydrogen-bond acceptors (Lipinski definition) is 5. The highest BCUT2D eigenvalue weighted by molar-refractivity contribution is 5.71. The first-order chi connectivity index (χ1) is 8.72. The fraction of sp³-hybridized carbons (Fsp3) is 0.462. The van der Waals surface area contributed by atoms with Gasteiger partial charge in [0.15, 0.2) is 0 Å². The van der Waals surface area contributed by atoms with E-state index in [0.717, 1.165) is 0 Å². The minimum atomic E-state index is -0.667. The fourth-order valence-corrected chi connectivity index (χ4v) is 1.32. The summed E-state index contributed by atoms with van der Waals surface area (Å²) < 4.78 is 10.1. The van der Waals surface area contributed by atoms with Gasteiger partial charge in [-0.2, -0.15) is 0 Å². The van der Waals surface area contributed by atoms with Gasteiger partial charge in [0, 0.05) is 6.54 Å². The zero-order chi connectivity index (χ0) is 13.2. The van der Waals surface area contributed by atoms with Gasteiger partial charge in [0.2, 0.25) is 0 Å². The standard InChI is InChI=1S/C13H19NO4/c1-2-17-13(16)9-14-8-11(15)10-18-12-6-4-3-5-7-12/h3-7,11,14-15H,2,8-10H2,1H3/t11-/m0/s1. The SMILES string of the molecule is CCOC(=O)CNC[C@H](O)COc1ccccc1. The van der Waals surface area contributed by atoms with Crippen LogP contribution in [0.3, 0.4) is 0 Å². The predicted molar refractivity (Wildman–Crippen MR) is 67.4 cm³/mol. The van der Waals surface area contributed by atoms with E-state index in [4.69, 9.17) is 9.47 Å². The lowest BCUT2D eigenvalue weighted by Gasteiger charge is -2.12. The average molecular weight is 253 g/mol. The number of nitrogens with one attached hydrogen (secondary N) is 1. The molecule has 1 aromatic rings. The maximum Gasteiger partial charge on any atom is 0.319 e. The average Bonchev–Trinajstić information content (AvgIpc) is 2.38. The Hall–Kier alpha value is -1.59. The summed E-state index contributed by atoms with van der Waals surface area (Å²) in [4.78, 5) is 11.0. The summed E-state index contributed by atoms with van der Waals surface area (Å²) in [5.41, 5.74) is 0. The van der Waals surface area contributed by atoms with Crippen molar-refractivity contribution in [1.29, 1.82) is 0 Å². The number of aliphatic hydroxyl groups is 1. The monoisotopic (exact) mass is 253 g/mol. The van der Waals surface area contributed by atoms with Gasteiger partial charge in [0.1, 0.15) is 18.5 Å². The summed E-state index contributed by atoms with van der Waals surface area (Å²) in [6, 6.07) is 9.25. The molecule has 0 saturated carbocycles. The number of carbonyl (C=O) groups is 1. The molecule has 2 N–H and O–H groups in total. The van der Waals surface area contributed by atoms with Gasteiger partial charge in [-0.25, -0.2) is 0 Å². The van der Waals surface area contributed by atoms with Crippen LogP contribution in [0.25, 0.3) is 0 Å². The molecule has 0 radical (unpaired) electrons. The van der Waals surface area contributed by atoms with Crippen LogP contribution < -0.4 is 10.1 Å². The van der Waals surface area contributed by atoms with Crippen molar-refractivity contribution in [3.05, 3.63) is 30.3 Å². The smallest absolute Gasteiger partial charge is 0.319 e. The second-order valence-electron chi connectivity index (χ2n) is 3.71. The van der Waals surface area contributed by atoms with E-state index in [1.807, 2.05) is 30.3 Å². The molecule has 0 amide bonds. The van der Waals surface area contributed by atoms with Crippen LogP contribution in [0.1, 0.15) is 6.92 Å². The molecule has 0 spiro atoms. The lowest BCUT2D eigenvalue weighted by Crippen LogP contribution is -2.35. The first kappa shape index (κ1) is 14.5. The third-order valence-electron chi connectivity index (χ3n) is 2.14. The molecule has 5 nitrogen and oxygen atoms in total. The van der Waals surface area contributed by atoms with Crippen molar-refractivity contribution >= 4 is 5.97 Å². The number of ether oxygens (including phenoxy) is 2. The predicted octanol–water partition coefficient (Wildman–Crippen LogP) is 0.579. The number of carbonyl (C=O) groups excluding carboxylic acids is 1. The molecule has 1 aromatic carbocycles. The number of benzene rings is 1. The van der Waals surface area contributed by atoms with Crippen molar-refractivity contribution in [2.24, 2.45) is 0 Å². The number of hydrogen-bond donors (Lipinski definition) is 2. The molecule has 0 aromatic heterocycles. The van der Waals surface area contributed by atoms with Gasteiger partial charge in [-0.05, 0) is 19.1 Å². The minimum Gasteiger partial charge on any atom is -0.491 e. The van der Waals surface area contributed by atoms with Crippen LogP contribution in [0.2, 0.25) is 0 Å². The Labute approximate surface area is 107 Å². The number of aliphatic hydroxyl groups excluding tert-OH is 1. The van der Waals surface area contributed by atoms with E-state index in [9.17, 15) is 9.90 Å². The molecule has 0 aliphatic carbocycles. The van der Waals surface area contributed by atoms with Crippen LogP contribution in [0.15, 0.2) is 30.3 Å². The van der Waals surface area contributed by atoms with Crippen molar-refractivity contribution in [2.45, 2.75) is 13.0 Å². The Bertz CT molecular complexity index is 342. The van der Waals surface area contributed by atoms with Gasteiger partial charge < -0.3 is 19.9 Å². The first-order valence-corrected chi connectivity index (χ1v) is 5.94. The molecule has 0 aliphatic heterocycles. The van der Waals surface area contributed by atoms with E-state index in [1.54, 1.807) is 6.92 Å². The highest BCUT2D eigenvalue weighted by atomic mass is 16.5. The molecule has 0 heterocycles. The van der Waals surface area contributed by atoms with Gasteiger partial charge >= 0.3 is 5.97 Å². The van der Waals surface area contributed by atoms with E-state index < -0.39 is 6.10 Å². The normalized spacial score (nSPS) is 11.9. The van der Waals surface area contributed by atoms with Crippen molar-refractivity contribution in [2.75, 3.05) is 26.3 Å². The molecule has 0 aliphatic rings. The fourth-order valence-electron chi connectivity index (χ4n) is 1.32. The third kappa shape index (κ3) is 6.22. The van der Waals surface area contributed by atoms with E-state index >= 15 is 0 Å². The molecule has 0 fully saturated rings. The van der Waals surface area contributed by atoms with E-state index in [2.05, 4.69) is 5.32 Å². The van der Waals surface area contributed by atoms with Crippen LogP contribution in [-0.4, -0.2) is 43.5 Å². The van der Waals surface area contributed by atoms with Gasteiger partial charge in [-0.3, -0.25) is 4.79 Å². The maximum atomic E-state index is 11.0.